The van der Waals surface area contributed by atoms with Crippen molar-refractivity contribution in [3.05, 3.63) is 22.0 Å². The highest BCUT2D eigenvalue weighted by Gasteiger charge is 2.11. The Morgan fingerprint density at radius 1 is 1.80 bits per heavy atom. The van der Waals surface area contributed by atoms with Crippen molar-refractivity contribution in [3.8, 4) is 11.9 Å². The maximum atomic E-state index is 11.5. The van der Waals surface area contributed by atoms with Crippen molar-refractivity contribution >= 4 is 17.3 Å². The van der Waals surface area contributed by atoms with Gasteiger partial charge >= 0.3 is 5.97 Å². The van der Waals surface area contributed by atoms with Gasteiger partial charge in [-0.3, -0.25) is 0 Å². The monoisotopic (exact) mass is 222 g/mol. The number of nitrogens with zero attached hydrogens (tertiary/aromatic N) is 2. The lowest BCUT2D eigenvalue weighted by molar-refractivity contribution is -0.130. The molecule has 4 nitrogen and oxygen atoms in total. The molecule has 0 amide bonds. The van der Waals surface area contributed by atoms with Gasteiger partial charge in [-0.25, -0.2) is 4.79 Å². The van der Waals surface area contributed by atoms with Gasteiger partial charge < -0.3 is 4.74 Å². The Morgan fingerprint density at radius 2 is 2.53 bits per heavy atom. The summed E-state index contributed by atoms with van der Waals surface area (Å²) in [6.07, 6.45) is 2.32. The lowest BCUT2D eigenvalue weighted by Crippen LogP contribution is -2.10. The molecule has 1 aromatic heterocycles. The van der Waals surface area contributed by atoms with Crippen LogP contribution in [0, 0.1) is 11.3 Å². The number of esters is 1. The van der Waals surface area contributed by atoms with Crippen LogP contribution in [0.15, 0.2) is 17.0 Å². The summed E-state index contributed by atoms with van der Waals surface area (Å²) in [4.78, 5) is 15.3. The molecule has 0 atom stereocenters. The van der Waals surface area contributed by atoms with Crippen LogP contribution in [0.1, 0.15) is 25.3 Å². The lowest BCUT2D eigenvalue weighted by Gasteiger charge is -2.01. The van der Waals surface area contributed by atoms with E-state index in [1.165, 1.54) is 0 Å². The molecule has 0 saturated heterocycles. The van der Waals surface area contributed by atoms with Crippen LogP contribution in [0.2, 0.25) is 0 Å². The summed E-state index contributed by atoms with van der Waals surface area (Å²) in [5, 5.41) is 10.4. The second-order valence-electron chi connectivity index (χ2n) is 2.66. The van der Waals surface area contributed by atoms with Gasteiger partial charge in [-0.2, -0.15) is 10.2 Å². The molecule has 0 aromatic carbocycles. The summed E-state index contributed by atoms with van der Waals surface area (Å²) in [6.45, 7) is 3.65. The number of hydrogen-bond acceptors (Lipinski definition) is 5. The smallest absolute Gasteiger partial charge is 0.340 e. The number of nitriles is 1. The van der Waals surface area contributed by atoms with Crippen molar-refractivity contribution in [2.24, 2.45) is 0 Å². The molecule has 0 N–H and O–H groups in total. The van der Waals surface area contributed by atoms with Crippen molar-refractivity contribution in [1.82, 2.24) is 4.98 Å². The van der Waals surface area contributed by atoms with Crippen molar-refractivity contribution in [2.75, 3.05) is 0 Å². The molecule has 78 valence electrons. The van der Waals surface area contributed by atoms with Crippen LogP contribution < -0.4 is 4.74 Å². The van der Waals surface area contributed by atoms with Crippen molar-refractivity contribution in [2.45, 2.75) is 20.3 Å². The SMILES string of the molecule is CC=C(CC)C(=O)Oc1csc(C#N)n1. The molecule has 0 radical (unpaired) electrons. The molecule has 0 aliphatic heterocycles. The van der Waals surface area contributed by atoms with Crippen LogP contribution in [0.5, 0.6) is 5.88 Å². The van der Waals surface area contributed by atoms with Crippen LogP contribution in [0.25, 0.3) is 0 Å². The molecule has 1 heterocycles. The Labute approximate surface area is 91.8 Å². The van der Waals surface area contributed by atoms with Crippen molar-refractivity contribution < 1.29 is 9.53 Å². The number of ether oxygens (including phenoxy) is 1. The highest BCUT2D eigenvalue weighted by Crippen LogP contribution is 2.17. The van der Waals surface area contributed by atoms with Crippen molar-refractivity contribution in [3.63, 3.8) is 0 Å². The molecular formula is C10H10N2O2S. The minimum Gasteiger partial charge on any atom is -0.403 e. The first kappa shape index (κ1) is 11.4. The van der Waals surface area contributed by atoms with E-state index in [0.717, 1.165) is 11.3 Å². The predicted octanol–water partition coefficient (Wildman–Crippen LogP) is 2.28. The number of rotatable bonds is 3. The van der Waals surface area contributed by atoms with E-state index in [1.54, 1.807) is 18.4 Å². The van der Waals surface area contributed by atoms with E-state index in [9.17, 15) is 4.79 Å². The summed E-state index contributed by atoms with van der Waals surface area (Å²) in [5.74, 6) is -0.218. The Hall–Kier alpha value is -1.67. The van der Waals surface area contributed by atoms with E-state index in [2.05, 4.69) is 4.98 Å². The standard InChI is InChI=1S/C10H10N2O2S/c1-3-7(4-2)10(13)14-8-6-15-9(5-11)12-8/h3,6H,4H2,1-2H3. The van der Waals surface area contributed by atoms with Crippen LogP contribution >= 0.6 is 11.3 Å². The Balaban J connectivity index is 2.71. The molecule has 15 heavy (non-hydrogen) atoms. The quantitative estimate of drug-likeness (QED) is 0.581. The summed E-state index contributed by atoms with van der Waals surface area (Å²) in [5.41, 5.74) is 0.599. The fourth-order valence-electron chi connectivity index (χ4n) is 0.984. The zero-order valence-electron chi connectivity index (χ0n) is 8.48. The number of allylic oxidation sites excluding steroid dienone is 1. The normalized spacial score (nSPS) is 10.9. The minimum atomic E-state index is -0.408. The van der Waals surface area contributed by atoms with Gasteiger partial charge in [-0.1, -0.05) is 13.0 Å². The van der Waals surface area contributed by atoms with Gasteiger partial charge in [0.15, 0.2) is 5.01 Å². The van der Waals surface area contributed by atoms with E-state index in [1.807, 2.05) is 13.0 Å². The largest absolute Gasteiger partial charge is 0.403 e. The number of carbonyl (C=O) groups excluding carboxylic acids is 1. The number of aromatic nitrogens is 1. The third kappa shape index (κ3) is 2.89. The average molecular weight is 222 g/mol. The van der Waals surface area contributed by atoms with Gasteiger partial charge in [-0.15, -0.1) is 11.3 Å². The number of carbonyl (C=O) groups is 1. The molecule has 0 unspecified atom stereocenters. The third-order valence-corrected chi connectivity index (χ3v) is 2.49. The van der Waals surface area contributed by atoms with Gasteiger partial charge in [0, 0.05) is 5.57 Å². The van der Waals surface area contributed by atoms with Crippen LogP contribution in [-0.2, 0) is 4.79 Å². The van der Waals surface area contributed by atoms with Gasteiger partial charge in [0.1, 0.15) is 6.07 Å². The molecule has 0 spiro atoms. The average Bonchev–Trinajstić information content (AvgIpc) is 2.67. The molecule has 0 aliphatic carbocycles. The highest BCUT2D eigenvalue weighted by molar-refractivity contribution is 7.10. The first-order chi connectivity index (χ1) is 7.21. The lowest BCUT2D eigenvalue weighted by atomic mass is 10.2. The Bertz CT molecular complexity index is 429. The molecular weight excluding hydrogens is 212 g/mol. The third-order valence-electron chi connectivity index (χ3n) is 1.77. The van der Waals surface area contributed by atoms with Gasteiger partial charge in [0.05, 0.1) is 5.38 Å². The molecule has 0 bridgehead atoms. The minimum absolute atomic E-state index is 0.189. The summed E-state index contributed by atoms with van der Waals surface area (Å²) in [6, 6.07) is 1.88. The summed E-state index contributed by atoms with van der Waals surface area (Å²) in [7, 11) is 0. The van der Waals surface area contributed by atoms with E-state index in [-0.39, 0.29) is 10.9 Å². The molecule has 0 aliphatic rings. The summed E-state index contributed by atoms with van der Waals surface area (Å²) >= 11 is 1.15. The van der Waals surface area contributed by atoms with Gasteiger partial charge in [-0.05, 0) is 13.3 Å². The fourth-order valence-corrected chi connectivity index (χ4v) is 1.49. The van der Waals surface area contributed by atoms with Gasteiger partial charge in [0.2, 0.25) is 5.88 Å². The maximum Gasteiger partial charge on any atom is 0.340 e. The first-order valence-corrected chi connectivity index (χ1v) is 5.32. The van der Waals surface area contributed by atoms with Gasteiger partial charge in [0.25, 0.3) is 0 Å². The fraction of sp³-hybridized carbons (Fsp3) is 0.300. The second-order valence-corrected chi connectivity index (χ2v) is 3.52. The highest BCUT2D eigenvalue weighted by atomic mass is 32.1. The number of hydrogen-bond donors (Lipinski definition) is 0. The van der Waals surface area contributed by atoms with Crippen LogP contribution in [0.3, 0.4) is 0 Å². The number of thiazole rings is 1. The zero-order chi connectivity index (χ0) is 11.3. The first-order valence-electron chi connectivity index (χ1n) is 4.44. The second kappa shape index (κ2) is 5.27. The Kier molecular flexibility index (Phi) is 4.01. The van der Waals surface area contributed by atoms with Crippen LogP contribution in [0.4, 0.5) is 0 Å². The van der Waals surface area contributed by atoms with E-state index in [0.29, 0.717) is 12.0 Å². The van der Waals surface area contributed by atoms with Crippen molar-refractivity contribution in [1.29, 1.82) is 5.26 Å². The molecule has 0 saturated carbocycles. The topological polar surface area (TPSA) is 63.0 Å². The maximum absolute atomic E-state index is 11.5. The molecule has 0 fully saturated rings. The summed E-state index contributed by atoms with van der Waals surface area (Å²) < 4.78 is 4.98. The van der Waals surface area contributed by atoms with Crippen LogP contribution in [-0.4, -0.2) is 11.0 Å². The predicted molar refractivity (Wildman–Crippen MR) is 56.5 cm³/mol. The Morgan fingerprint density at radius 3 is 3.00 bits per heavy atom. The van der Waals surface area contributed by atoms with E-state index in [4.69, 9.17) is 10.00 Å². The van der Waals surface area contributed by atoms with E-state index < -0.39 is 5.97 Å². The molecule has 1 aromatic rings. The zero-order valence-corrected chi connectivity index (χ0v) is 9.30. The molecule has 1 rings (SSSR count). The molecule has 5 heteroatoms. The van der Waals surface area contributed by atoms with E-state index >= 15 is 0 Å².